The zero-order valence-electron chi connectivity index (χ0n) is 15.6. The van der Waals surface area contributed by atoms with E-state index in [9.17, 15) is 0 Å². The van der Waals surface area contributed by atoms with Crippen LogP contribution in [0.3, 0.4) is 0 Å². The molecule has 1 atom stereocenters. The Morgan fingerprint density at radius 2 is 1.26 bits per heavy atom. The van der Waals surface area contributed by atoms with Gasteiger partial charge < -0.3 is 0 Å². The molecule has 1 aromatic rings. The van der Waals surface area contributed by atoms with Gasteiger partial charge in [-0.15, -0.1) is 21.6 Å². The van der Waals surface area contributed by atoms with Gasteiger partial charge in [0.1, 0.15) is 0 Å². The summed E-state index contributed by atoms with van der Waals surface area (Å²) in [5.41, 5.74) is 3.04. The molecule has 2 heteroatoms. The summed E-state index contributed by atoms with van der Waals surface area (Å²) in [5.74, 6) is 0. The molecule has 0 aromatic heterocycles. The summed E-state index contributed by atoms with van der Waals surface area (Å²) in [6.07, 6.45) is 15.4. The maximum atomic E-state index is 2.98. The highest BCUT2D eigenvalue weighted by Gasteiger charge is 2.16. The van der Waals surface area contributed by atoms with Gasteiger partial charge in [0.2, 0.25) is 0 Å². The number of hydrogen-bond acceptors (Lipinski definition) is 0. The molecule has 23 heavy (non-hydrogen) atoms. The van der Waals surface area contributed by atoms with Crippen molar-refractivity contribution in [1.29, 1.82) is 0 Å². The number of unbranched alkanes of at least 4 members (excludes halogenated alkanes) is 9. The SMILES string of the molecule is CCCCCCCCCCCCc1ccccc1C(C)(C)P.Cl. The first kappa shape index (κ1) is 22.9. The molecule has 1 rings (SSSR count). The largest absolute Gasteiger partial charge is 0.147 e. The van der Waals surface area contributed by atoms with E-state index in [1.54, 1.807) is 5.56 Å². The third-order valence-electron chi connectivity index (χ3n) is 4.51. The van der Waals surface area contributed by atoms with Crippen molar-refractivity contribution in [2.45, 2.75) is 96.6 Å². The molecule has 0 radical (unpaired) electrons. The van der Waals surface area contributed by atoms with Crippen molar-refractivity contribution in [3.05, 3.63) is 35.4 Å². The molecule has 0 heterocycles. The van der Waals surface area contributed by atoms with Gasteiger partial charge in [-0.05, 0) is 24.0 Å². The lowest BCUT2D eigenvalue weighted by atomic mass is 9.93. The van der Waals surface area contributed by atoms with Gasteiger partial charge in [0.15, 0.2) is 0 Å². The van der Waals surface area contributed by atoms with E-state index >= 15 is 0 Å². The monoisotopic (exact) mass is 356 g/mol. The van der Waals surface area contributed by atoms with Crippen LogP contribution in [-0.4, -0.2) is 0 Å². The summed E-state index contributed by atoms with van der Waals surface area (Å²) in [6.45, 7) is 6.86. The summed E-state index contributed by atoms with van der Waals surface area (Å²) >= 11 is 0. The maximum absolute atomic E-state index is 2.98. The van der Waals surface area contributed by atoms with Gasteiger partial charge in [0, 0.05) is 5.16 Å². The van der Waals surface area contributed by atoms with E-state index in [0.29, 0.717) is 0 Å². The fourth-order valence-corrected chi connectivity index (χ4v) is 3.45. The predicted octanol–water partition coefficient (Wildman–Crippen LogP) is 7.68. The Morgan fingerprint density at radius 3 is 1.78 bits per heavy atom. The first-order valence-corrected chi connectivity index (χ1v) is 10.0. The van der Waals surface area contributed by atoms with Crippen LogP contribution in [0.15, 0.2) is 24.3 Å². The van der Waals surface area contributed by atoms with Gasteiger partial charge in [-0.3, -0.25) is 0 Å². The van der Waals surface area contributed by atoms with Gasteiger partial charge >= 0.3 is 0 Å². The third-order valence-corrected chi connectivity index (χ3v) is 4.82. The second-order valence-electron chi connectivity index (χ2n) is 7.31. The van der Waals surface area contributed by atoms with Gasteiger partial charge in [-0.2, -0.15) is 0 Å². The van der Waals surface area contributed by atoms with Crippen LogP contribution in [0.25, 0.3) is 0 Å². The van der Waals surface area contributed by atoms with Crippen LogP contribution in [0.5, 0.6) is 0 Å². The molecule has 0 aliphatic heterocycles. The summed E-state index contributed by atoms with van der Waals surface area (Å²) in [7, 11) is 2.98. The van der Waals surface area contributed by atoms with Crippen LogP contribution in [0, 0.1) is 0 Å². The standard InChI is InChI=1S/C21H37P.ClH/c1-4-5-6-7-8-9-10-11-12-13-16-19-17-14-15-18-20(19)21(2,3)22;/h14-15,17-18H,4-13,16,22H2,1-3H3;1H. The molecule has 0 saturated heterocycles. The van der Waals surface area contributed by atoms with Crippen molar-refractivity contribution in [3.63, 3.8) is 0 Å². The highest BCUT2D eigenvalue weighted by Crippen LogP contribution is 2.33. The fourth-order valence-electron chi connectivity index (χ4n) is 3.17. The highest BCUT2D eigenvalue weighted by atomic mass is 35.5. The highest BCUT2D eigenvalue weighted by molar-refractivity contribution is 7.18. The number of rotatable bonds is 12. The van der Waals surface area contributed by atoms with E-state index in [2.05, 4.69) is 54.3 Å². The average Bonchev–Trinajstić information content (AvgIpc) is 2.48. The van der Waals surface area contributed by atoms with E-state index in [4.69, 9.17) is 0 Å². The van der Waals surface area contributed by atoms with E-state index in [1.807, 2.05) is 0 Å². The molecule has 0 aliphatic carbocycles. The van der Waals surface area contributed by atoms with Crippen LogP contribution in [0.2, 0.25) is 0 Å². The molecule has 0 bridgehead atoms. The quantitative estimate of drug-likeness (QED) is 0.266. The Hall–Kier alpha value is -0.0600. The summed E-state index contributed by atoms with van der Waals surface area (Å²) in [6, 6.07) is 8.96. The molecule has 0 aliphatic rings. The smallest absolute Gasteiger partial charge is 0.00440 e. The van der Waals surface area contributed by atoms with E-state index in [-0.39, 0.29) is 17.6 Å². The topological polar surface area (TPSA) is 0 Å². The minimum atomic E-state index is 0. The van der Waals surface area contributed by atoms with Gasteiger partial charge in [0.25, 0.3) is 0 Å². The molecule has 0 spiro atoms. The summed E-state index contributed by atoms with van der Waals surface area (Å²) in [4.78, 5) is 0. The van der Waals surface area contributed by atoms with Gasteiger partial charge in [-0.1, -0.05) is 103 Å². The number of hydrogen-bond donors (Lipinski definition) is 0. The molecule has 134 valence electrons. The minimum Gasteiger partial charge on any atom is -0.147 e. The third kappa shape index (κ3) is 10.4. The van der Waals surface area contributed by atoms with Gasteiger partial charge in [0.05, 0.1) is 0 Å². The lowest BCUT2D eigenvalue weighted by Crippen LogP contribution is -2.10. The Bertz CT molecular complexity index is 395. The Balaban J connectivity index is 0.00000484. The number of halogens is 1. The van der Waals surface area contributed by atoms with Crippen LogP contribution in [0.4, 0.5) is 0 Å². The fraction of sp³-hybridized carbons (Fsp3) is 0.714. The van der Waals surface area contributed by atoms with Crippen molar-refractivity contribution in [2.75, 3.05) is 0 Å². The van der Waals surface area contributed by atoms with Crippen molar-refractivity contribution in [1.82, 2.24) is 0 Å². The van der Waals surface area contributed by atoms with Crippen molar-refractivity contribution < 1.29 is 0 Å². The molecule has 0 N–H and O–H groups in total. The lowest BCUT2D eigenvalue weighted by Gasteiger charge is -2.22. The molecule has 1 aromatic carbocycles. The van der Waals surface area contributed by atoms with Crippen LogP contribution < -0.4 is 0 Å². The average molecular weight is 357 g/mol. The molecule has 0 saturated carbocycles. The van der Waals surface area contributed by atoms with Crippen molar-refractivity contribution >= 4 is 21.6 Å². The lowest BCUT2D eigenvalue weighted by molar-refractivity contribution is 0.555. The van der Waals surface area contributed by atoms with E-state index < -0.39 is 0 Å². The van der Waals surface area contributed by atoms with Crippen LogP contribution in [0.1, 0.15) is 96.1 Å². The van der Waals surface area contributed by atoms with Crippen molar-refractivity contribution in [2.24, 2.45) is 0 Å². The predicted molar refractivity (Wildman–Crippen MR) is 112 cm³/mol. The Morgan fingerprint density at radius 1 is 0.783 bits per heavy atom. The van der Waals surface area contributed by atoms with Gasteiger partial charge in [-0.25, -0.2) is 0 Å². The molecular formula is C21H38ClP. The summed E-state index contributed by atoms with van der Waals surface area (Å²) in [5, 5.41) is 0.190. The van der Waals surface area contributed by atoms with E-state index in [0.717, 1.165) is 0 Å². The normalized spacial score (nSPS) is 11.3. The second kappa shape index (κ2) is 13.3. The number of benzene rings is 1. The molecule has 0 nitrogen and oxygen atoms in total. The Kier molecular flexibility index (Phi) is 13.2. The summed E-state index contributed by atoms with van der Waals surface area (Å²) < 4.78 is 0. The zero-order valence-corrected chi connectivity index (χ0v) is 17.5. The maximum Gasteiger partial charge on any atom is 0.00440 e. The molecular weight excluding hydrogens is 319 g/mol. The van der Waals surface area contributed by atoms with Crippen LogP contribution >= 0.6 is 21.6 Å². The second-order valence-corrected chi connectivity index (χ2v) is 8.75. The Labute approximate surface area is 153 Å². The minimum absolute atomic E-state index is 0. The van der Waals surface area contributed by atoms with Crippen LogP contribution in [-0.2, 0) is 11.6 Å². The molecule has 0 fully saturated rings. The molecule has 1 unspecified atom stereocenters. The van der Waals surface area contributed by atoms with Crippen molar-refractivity contribution in [3.8, 4) is 0 Å². The number of aryl methyl sites for hydroxylation is 1. The van der Waals surface area contributed by atoms with E-state index in [1.165, 1.54) is 76.2 Å². The molecule has 0 amide bonds. The zero-order chi connectivity index (χ0) is 16.3. The first-order valence-electron chi connectivity index (χ1n) is 9.43. The first-order chi connectivity index (χ1) is 10.6.